The number of ether oxygens (including phenoxy) is 1. The number of carbonyl (C=O) groups excluding carboxylic acids is 2. The van der Waals surface area contributed by atoms with Gasteiger partial charge in [-0.05, 0) is 56.1 Å². The molecule has 5 aliphatic rings. The minimum Gasteiger partial charge on any atom is -0.494 e. The first-order valence-electron chi connectivity index (χ1n) is 11.4. The van der Waals surface area contributed by atoms with Crippen LogP contribution in [0.3, 0.4) is 0 Å². The minimum absolute atomic E-state index is 0.0570. The Morgan fingerprint density at radius 3 is 2.32 bits per heavy atom. The third kappa shape index (κ3) is 2.76. The molecule has 2 heterocycles. The van der Waals surface area contributed by atoms with Crippen LogP contribution in [-0.4, -0.2) is 39.6 Å². The fraction of sp³-hybridized carbons (Fsp3) is 0.400. The molecule has 1 aromatic heterocycles. The average Bonchev–Trinajstić information content (AvgIpc) is 3.55. The fourth-order valence-corrected chi connectivity index (χ4v) is 6.43. The van der Waals surface area contributed by atoms with Crippen LogP contribution < -0.4 is 4.74 Å². The van der Waals surface area contributed by atoms with Crippen molar-refractivity contribution in [2.75, 3.05) is 7.11 Å². The van der Waals surface area contributed by atoms with E-state index in [1.807, 2.05) is 24.5 Å². The molecule has 0 unspecified atom stereocenters. The van der Waals surface area contributed by atoms with Crippen LogP contribution in [0, 0.1) is 59.5 Å². The number of nitro groups is 1. The standard InChI is InChI=1S/C25H24N4O5/c1-12-8-14(13(2)27(12)20-7-4-15(29(32)33)9-21(20)34-3)11-26-28-24(30)22-16-5-6-17(19-10-18(16)19)23(22)25(28)31/h4-9,11,16-19,22-23H,10H2,1-3H3/b26-11-/t16-,17-,18-,19-,22-,23+/m0/s1. The van der Waals surface area contributed by atoms with Crippen molar-refractivity contribution in [1.82, 2.24) is 9.58 Å². The molecule has 2 bridgehead atoms. The lowest BCUT2D eigenvalue weighted by molar-refractivity contribution is -0.384. The Balaban J connectivity index is 1.31. The number of amides is 2. The third-order valence-electron chi connectivity index (χ3n) is 8.04. The highest BCUT2D eigenvalue weighted by Crippen LogP contribution is 2.65. The maximum absolute atomic E-state index is 13.2. The van der Waals surface area contributed by atoms with Gasteiger partial charge >= 0.3 is 0 Å². The number of hydrogen-bond donors (Lipinski definition) is 0. The Labute approximate surface area is 195 Å². The van der Waals surface area contributed by atoms with Crippen molar-refractivity contribution in [3.8, 4) is 11.4 Å². The number of aromatic nitrogens is 1. The monoisotopic (exact) mass is 460 g/mol. The van der Waals surface area contributed by atoms with Crippen molar-refractivity contribution in [2.24, 2.45) is 40.6 Å². The fourth-order valence-electron chi connectivity index (χ4n) is 6.43. The summed E-state index contributed by atoms with van der Waals surface area (Å²) in [5, 5.41) is 16.6. The summed E-state index contributed by atoms with van der Waals surface area (Å²) in [6, 6.07) is 6.36. The van der Waals surface area contributed by atoms with Crippen molar-refractivity contribution < 1.29 is 19.2 Å². The highest BCUT2D eigenvalue weighted by molar-refractivity contribution is 6.06. The van der Waals surface area contributed by atoms with E-state index in [-0.39, 0.29) is 41.2 Å². The lowest BCUT2D eigenvalue weighted by atomic mass is 9.63. The Morgan fingerprint density at radius 1 is 1.09 bits per heavy atom. The first-order chi connectivity index (χ1) is 16.3. The van der Waals surface area contributed by atoms with Crippen LogP contribution in [0.15, 0.2) is 41.5 Å². The Morgan fingerprint density at radius 2 is 1.74 bits per heavy atom. The van der Waals surface area contributed by atoms with E-state index < -0.39 is 4.92 Å². The average molecular weight is 460 g/mol. The molecule has 0 N–H and O–H groups in total. The van der Waals surface area contributed by atoms with Gasteiger partial charge in [0, 0.05) is 23.0 Å². The maximum atomic E-state index is 13.2. The zero-order valence-corrected chi connectivity index (χ0v) is 19.0. The van der Waals surface area contributed by atoms with E-state index in [1.54, 1.807) is 12.3 Å². The number of imide groups is 1. The van der Waals surface area contributed by atoms with E-state index >= 15 is 0 Å². The predicted molar refractivity (Wildman–Crippen MR) is 123 cm³/mol. The molecule has 2 amide bonds. The number of benzene rings is 1. The Bertz CT molecular complexity index is 1290. The Hall–Kier alpha value is -3.75. The highest BCUT2D eigenvalue weighted by atomic mass is 16.6. The van der Waals surface area contributed by atoms with Crippen molar-refractivity contribution in [1.29, 1.82) is 0 Å². The van der Waals surface area contributed by atoms with Gasteiger partial charge in [0.2, 0.25) is 0 Å². The van der Waals surface area contributed by atoms with E-state index in [0.29, 0.717) is 23.3 Å². The number of aryl methyl sites for hydroxylation is 1. The van der Waals surface area contributed by atoms with Gasteiger partial charge in [-0.1, -0.05) is 12.2 Å². The second kappa shape index (κ2) is 7.12. The van der Waals surface area contributed by atoms with Gasteiger partial charge in [0.15, 0.2) is 0 Å². The smallest absolute Gasteiger partial charge is 0.273 e. The SMILES string of the molecule is COc1cc([N+](=O)[O-])ccc1-n1c(C)cc(/C=N\N2C(=O)[C@@H]3[C@H]4C=C[C@@H]([C@@H]5C[C@@H]45)[C@@H]3C2=O)c1C. The highest BCUT2D eigenvalue weighted by Gasteiger charge is 2.67. The quantitative estimate of drug-likeness (QED) is 0.223. The van der Waals surface area contributed by atoms with Gasteiger partial charge in [-0.15, -0.1) is 0 Å². The molecule has 3 fully saturated rings. The number of non-ortho nitro benzene ring substituents is 1. The summed E-state index contributed by atoms with van der Waals surface area (Å²) in [4.78, 5) is 37.0. The predicted octanol–water partition coefficient (Wildman–Crippen LogP) is 3.40. The van der Waals surface area contributed by atoms with Crippen molar-refractivity contribution in [3.63, 3.8) is 0 Å². The van der Waals surface area contributed by atoms with Crippen LogP contribution in [-0.2, 0) is 9.59 Å². The van der Waals surface area contributed by atoms with Crippen molar-refractivity contribution in [3.05, 3.63) is 63.5 Å². The van der Waals surface area contributed by atoms with Crippen LogP contribution in [0.25, 0.3) is 5.69 Å². The molecule has 34 heavy (non-hydrogen) atoms. The lowest BCUT2D eigenvalue weighted by Gasteiger charge is -2.37. The first kappa shape index (κ1) is 20.8. The van der Waals surface area contributed by atoms with Gasteiger partial charge in [-0.25, -0.2) is 0 Å². The van der Waals surface area contributed by atoms with Crippen molar-refractivity contribution in [2.45, 2.75) is 20.3 Å². The molecule has 1 saturated heterocycles. The number of hydrazone groups is 1. The third-order valence-corrected chi connectivity index (χ3v) is 8.04. The van der Waals surface area contributed by atoms with E-state index in [2.05, 4.69) is 17.3 Å². The van der Waals surface area contributed by atoms with E-state index in [4.69, 9.17) is 4.74 Å². The van der Waals surface area contributed by atoms with Gasteiger partial charge < -0.3 is 9.30 Å². The molecule has 0 radical (unpaired) electrons. The van der Waals surface area contributed by atoms with Crippen LogP contribution in [0.1, 0.15) is 23.4 Å². The largest absolute Gasteiger partial charge is 0.494 e. The topological polar surface area (TPSA) is 107 Å². The summed E-state index contributed by atoms with van der Waals surface area (Å²) in [6.07, 6.45) is 6.96. The number of allylic oxidation sites excluding steroid dienone is 2. The summed E-state index contributed by atoms with van der Waals surface area (Å²) in [7, 11) is 1.47. The van der Waals surface area contributed by atoms with Gasteiger partial charge in [0.1, 0.15) is 5.75 Å². The zero-order chi connectivity index (χ0) is 23.9. The number of nitro benzene ring substituents is 1. The van der Waals surface area contributed by atoms with Crippen molar-refractivity contribution >= 4 is 23.7 Å². The normalized spacial score (nSPS) is 30.7. The maximum Gasteiger partial charge on any atom is 0.273 e. The molecule has 1 aliphatic heterocycles. The van der Waals surface area contributed by atoms with Gasteiger partial charge in [-0.3, -0.25) is 19.7 Å². The van der Waals surface area contributed by atoms with E-state index in [0.717, 1.165) is 28.4 Å². The number of carbonyl (C=O) groups is 2. The van der Waals surface area contributed by atoms with Crippen LogP contribution in [0.4, 0.5) is 5.69 Å². The molecule has 4 aliphatic carbocycles. The molecule has 2 aromatic rings. The molecule has 6 atom stereocenters. The second-order valence-corrected chi connectivity index (χ2v) is 9.66. The van der Waals surface area contributed by atoms with E-state index in [9.17, 15) is 19.7 Å². The van der Waals surface area contributed by atoms with Gasteiger partial charge in [-0.2, -0.15) is 10.1 Å². The summed E-state index contributed by atoms with van der Waals surface area (Å²) < 4.78 is 7.32. The van der Waals surface area contributed by atoms with Gasteiger partial charge in [0.25, 0.3) is 17.5 Å². The lowest BCUT2D eigenvalue weighted by Crippen LogP contribution is -2.40. The summed E-state index contributed by atoms with van der Waals surface area (Å²) in [5.74, 6) is 0.853. The first-order valence-corrected chi connectivity index (χ1v) is 11.4. The molecule has 7 rings (SSSR count). The molecule has 2 saturated carbocycles. The van der Waals surface area contributed by atoms with Crippen LogP contribution in [0.2, 0.25) is 0 Å². The molecular weight excluding hydrogens is 436 g/mol. The molecule has 9 heteroatoms. The molecular formula is C25H24N4O5. The summed E-state index contributed by atoms with van der Waals surface area (Å²) in [5.41, 5.74) is 3.02. The molecule has 0 spiro atoms. The number of rotatable bonds is 5. The number of hydrogen-bond acceptors (Lipinski definition) is 6. The van der Waals surface area contributed by atoms with Gasteiger partial charge in [0.05, 0.1) is 41.8 Å². The molecule has 9 nitrogen and oxygen atoms in total. The van der Waals surface area contributed by atoms with E-state index in [1.165, 1.54) is 19.2 Å². The second-order valence-electron chi connectivity index (χ2n) is 9.66. The zero-order valence-electron chi connectivity index (χ0n) is 19.0. The molecule has 1 aromatic carbocycles. The molecule has 174 valence electrons. The summed E-state index contributed by atoms with van der Waals surface area (Å²) >= 11 is 0. The summed E-state index contributed by atoms with van der Waals surface area (Å²) in [6.45, 7) is 3.79. The van der Waals surface area contributed by atoms with Crippen LogP contribution >= 0.6 is 0 Å². The Kier molecular flexibility index (Phi) is 4.36. The minimum atomic E-state index is -0.466. The number of methoxy groups -OCH3 is 1. The number of nitrogens with zero attached hydrogens (tertiary/aromatic N) is 4. The van der Waals surface area contributed by atoms with Crippen LogP contribution in [0.5, 0.6) is 5.75 Å².